The van der Waals surface area contributed by atoms with Gasteiger partial charge in [0, 0.05) is 31.3 Å². The van der Waals surface area contributed by atoms with Crippen LogP contribution in [0.5, 0.6) is 11.6 Å². The number of aromatic amines is 1. The smallest absolute Gasteiger partial charge is 0.387 e. The summed E-state index contributed by atoms with van der Waals surface area (Å²) < 4.78 is 37.2. The lowest BCUT2D eigenvalue weighted by Gasteiger charge is -2.24. The lowest BCUT2D eigenvalue weighted by Crippen LogP contribution is -2.34. The number of rotatable bonds is 8. The number of amides is 2. The summed E-state index contributed by atoms with van der Waals surface area (Å²) in [6.45, 7) is 2.68. The zero-order chi connectivity index (χ0) is 24.9. The van der Waals surface area contributed by atoms with E-state index in [4.69, 9.17) is 9.47 Å². The van der Waals surface area contributed by atoms with Gasteiger partial charge in [0.2, 0.25) is 17.7 Å². The molecule has 3 heterocycles. The van der Waals surface area contributed by atoms with Crippen LogP contribution < -0.4 is 14.8 Å². The maximum Gasteiger partial charge on any atom is 0.387 e. The van der Waals surface area contributed by atoms with Crippen molar-refractivity contribution in [3.05, 3.63) is 29.5 Å². The third-order valence-corrected chi connectivity index (χ3v) is 6.39. The lowest BCUT2D eigenvalue weighted by molar-refractivity contribution is -0.114. The first-order valence-electron chi connectivity index (χ1n) is 11.5. The van der Waals surface area contributed by atoms with Crippen molar-refractivity contribution in [2.45, 2.75) is 52.8 Å². The molecule has 2 aliphatic rings. The predicted octanol–water partition coefficient (Wildman–Crippen LogP) is 4.34. The number of nitrogens with zero attached hydrogens (tertiary/aromatic N) is 3. The minimum atomic E-state index is -3.08. The van der Waals surface area contributed by atoms with E-state index >= 15 is 0 Å². The summed E-state index contributed by atoms with van der Waals surface area (Å²) in [7, 11) is 0. The first-order valence-corrected chi connectivity index (χ1v) is 11.5. The second kappa shape index (κ2) is 8.79. The van der Waals surface area contributed by atoms with Crippen molar-refractivity contribution >= 4 is 28.8 Å². The molecule has 2 amide bonds. The average Bonchev–Trinajstić information content (AvgIpc) is 3.46. The molecule has 1 saturated carbocycles. The van der Waals surface area contributed by atoms with Crippen LogP contribution in [0.15, 0.2) is 18.3 Å². The maximum atomic E-state index is 13.3. The molecule has 11 heteroatoms. The summed E-state index contributed by atoms with van der Waals surface area (Å²) in [6, 6.07) is 3.27. The van der Waals surface area contributed by atoms with Gasteiger partial charge in [-0.2, -0.15) is 18.7 Å². The minimum absolute atomic E-state index is 0.0241. The van der Waals surface area contributed by atoms with E-state index in [-0.39, 0.29) is 41.0 Å². The number of H-pyrrole nitrogens is 1. The fraction of sp³-hybridized carbons (Fsp3) is 0.417. The highest BCUT2D eigenvalue weighted by molar-refractivity contribution is 6.04. The minimum Gasteiger partial charge on any atom is -0.477 e. The van der Waals surface area contributed by atoms with Crippen LogP contribution in [0.4, 0.5) is 14.7 Å². The third-order valence-electron chi connectivity index (χ3n) is 6.39. The molecule has 1 aliphatic heterocycles. The van der Waals surface area contributed by atoms with Crippen LogP contribution in [-0.4, -0.2) is 50.9 Å². The first-order chi connectivity index (χ1) is 16.8. The molecule has 1 atom stereocenters. The molecular formula is C24H25F2N5O4. The summed E-state index contributed by atoms with van der Waals surface area (Å²) in [5, 5.41) is 3.06. The van der Waals surface area contributed by atoms with Gasteiger partial charge in [-0.1, -0.05) is 0 Å². The van der Waals surface area contributed by atoms with Gasteiger partial charge in [0.1, 0.15) is 11.4 Å². The molecule has 5 rings (SSSR count). The number of fused-ring (bicyclic) bond motifs is 2. The summed E-state index contributed by atoms with van der Waals surface area (Å²) in [5.41, 5.74) is 2.35. The molecule has 184 valence electrons. The van der Waals surface area contributed by atoms with Crippen LogP contribution in [-0.2, 0) is 11.3 Å². The Labute approximate surface area is 199 Å². The average molecular weight is 485 g/mol. The largest absolute Gasteiger partial charge is 0.477 e. The molecule has 2 aromatic heterocycles. The molecule has 35 heavy (non-hydrogen) atoms. The number of halogens is 2. The number of nitrogens with one attached hydrogen (secondary N) is 2. The number of alkyl halides is 2. The zero-order valence-electron chi connectivity index (χ0n) is 19.5. The van der Waals surface area contributed by atoms with E-state index in [9.17, 15) is 18.4 Å². The van der Waals surface area contributed by atoms with E-state index in [2.05, 4.69) is 20.3 Å². The lowest BCUT2D eigenvalue weighted by atomic mass is 9.99. The molecule has 0 saturated heterocycles. The van der Waals surface area contributed by atoms with Crippen molar-refractivity contribution < 1.29 is 27.8 Å². The number of aromatic nitrogens is 3. The van der Waals surface area contributed by atoms with Gasteiger partial charge < -0.3 is 19.4 Å². The second-order valence-corrected chi connectivity index (χ2v) is 8.79. The Morgan fingerprint density at radius 3 is 2.74 bits per heavy atom. The highest BCUT2D eigenvalue weighted by atomic mass is 19.3. The molecule has 1 fully saturated rings. The van der Waals surface area contributed by atoms with E-state index < -0.39 is 6.61 Å². The Balaban J connectivity index is 1.62. The SMILES string of the molecule is CCOc1nc(NC(C)=O)nc2[nH]cc(-c3cc4c(c(OC(F)F)c3)C(=O)N([C@@H](C)C3CC3)C4)c12. The Morgan fingerprint density at radius 2 is 2.09 bits per heavy atom. The van der Waals surface area contributed by atoms with Crippen LogP contribution in [0.1, 0.15) is 49.5 Å². The molecule has 0 unspecified atom stereocenters. The number of hydrogen-bond acceptors (Lipinski definition) is 6. The van der Waals surface area contributed by atoms with Gasteiger partial charge in [-0.3, -0.25) is 14.9 Å². The van der Waals surface area contributed by atoms with Gasteiger partial charge in [-0.25, -0.2) is 0 Å². The molecular weight excluding hydrogens is 460 g/mol. The summed E-state index contributed by atoms with van der Waals surface area (Å²) in [4.78, 5) is 38.0. The van der Waals surface area contributed by atoms with Gasteiger partial charge in [0.05, 0.1) is 17.6 Å². The van der Waals surface area contributed by atoms with E-state index in [0.29, 0.717) is 46.8 Å². The van der Waals surface area contributed by atoms with Crippen molar-refractivity contribution in [1.82, 2.24) is 19.9 Å². The second-order valence-electron chi connectivity index (χ2n) is 8.79. The Morgan fingerprint density at radius 1 is 1.31 bits per heavy atom. The quantitative estimate of drug-likeness (QED) is 0.491. The topological polar surface area (TPSA) is 109 Å². The molecule has 3 aromatic rings. The zero-order valence-corrected chi connectivity index (χ0v) is 19.5. The van der Waals surface area contributed by atoms with Crippen LogP contribution in [0.3, 0.4) is 0 Å². The number of anilines is 1. The third kappa shape index (κ3) is 4.26. The maximum absolute atomic E-state index is 13.3. The summed E-state index contributed by atoms with van der Waals surface area (Å²) in [5.74, 6) is -0.0442. The van der Waals surface area contributed by atoms with Crippen molar-refractivity contribution in [3.8, 4) is 22.8 Å². The Bertz CT molecular complexity index is 1320. The van der Waals surface area contributed by atoms with E-state index in [1.807, 2.05) is 13.0 Å². The van der Waals surface area contributed by atoms with E-state index in [1.54, 1.807) is 18.0 Å². The van der Waals surface area contributed by atoms with Crippen LogP contribution in [0.25, 0.3) is 22.2 Å². The standard InChI is InChI=1S/C24H25F2N5O4/c1-4-34-21-19-16(9-27-20(19)29-24(30-21)28-12(3)32)14-7-15-10-31(11(2)13-5-6-13)22(33)18(15)17(8-14)35-23(25)26/h7-9,11,13,23H,4-6,10H2,1-3H3,(H2,27,28,29,30,32)/t11-/m0/s1. The normalized spacial score (nSPS) is 16.1. The number of benzene rings is 1. The van der Waals surface area contributed by atoms with Crippen molar-refractivity contribution in [1.29, 1.82) is 0 Å². The van der Waals surface area contributed by atoms with Crippen molar-refractivity contribution in [3.63, 3.8) is 0 Å². The van der Waals surface area contributed by atoms with Crippen LogP contribution >= 0.6 is 0 Å². The van der Waals surface area contributed by atoms with Gasteiger partial charge in [0.15, 0.2) is 0 Å². The first kappa shape index (κ1) is 23.0. The van der Waals surface area contributed by atoms with Crippen molar-refractivity contribution in [2.24, 2.45) is 5.92 Å². The van der Waals surface area contributed by atoms with Crippen LogP contribution in [0, 0.1) is 5.92 Å². The molecule has 0 bridgehead atoms. The Hall–Kier alpha value is -3.76. The molecule has 0 spiro atoms. The Kier molecular flexibility index (Phi) is 5.78. The molecule has 9 nitrogen and oxygen atoms in total. The van der Waals surface area contributed by atoms with Gasteiger partial charge >= 0.3 is 6.61 Å². The van der Waals surface area contributed by atoms with E-state index in [1.165, 1.54) is 13.0 Å². The fourth-order valence-electron chi connectivity index (χ4n) is 4.63. The highest BCUT2D eigenvalue weighted by Gasteiger charge is 2.40. The summed E-state index contributed by atoms with van der Waals surface area (Å²) in [6.07, 6.45) is 3.78. The molecule has 2 N–H and O–H groups in total. The van der Waals surface area contributed by atoms with Crippen molar-refractivity contribution in [2.75, 3.05) is 11.9 Å². The highest BCUT2D eigenvalue weighted by Crippen LogP contribution is 2.43. The predicted molar refractivity (Wildman–Crippen MR) is 123 cm³/mol. The number of hydrogen-bond donors (Lipinski definition) is 2. The van der Waals surface area contributed by atoms with Crippen LogP contribution in [0.2, 0.25) is 0 Å². The fourth-order valence-corrected chi connectivity index (χ4v) is 4.63. The van der Waals surface area contributed by atoms with Gasteiger partial charge in [-0.15, -0.1) is 0 Å². The van der Waals surface area contributed by atoms with Gasteiger partial charge in [0.25, 0.3) is 5.91 Å². The monoisotopic (exact) mass is 485 g/mol. The van der Waals surface area contributed by atoms with E-state index in [0.717, 1.165) is 12.8 Å². The summed E-state index contributed by atoms with van der Waals surface area (Å²) >= 11 is 0. The molecule has 1 aliphatic carbocycles. The molecule has 0 radical (unpaired) electrons. The molecule has 1 aromatic carbocycles. The number of carbonyl (C=O) groups excluding carboxylic acids is 2. The number of carbonyl (C=O) groups is 2. The van der Waals surface area contributed by atoms with Gasteiger partial charge in [-0.05, 0) is 55.9 Å². The number of ether oxygens (including phenoxy) is 2.